The second-order valence-electron chi connectivity index (χ2n) is 5.08. The molecule has 1 heterocycles. The van der Waals surface area contributed by atoms with Gasteiger partial charge in [0, 0.05) is 5.69 Å². The summed E-state index contributed by atoms with van der Waals surface area (Å²) in [5.74, 6) is -0.600. The molecule has 2 aromatic carbocycles. The SMILES string of the molecule is COC(=O)c1cc(NC(=O)CSc2nc3ccccc3[nH]2)ccc1Cl. The molecule has 25 heavy (non-hydrogen) atoms. The van der Waals surface area contributed by atoms with Crippen LogP contribution in [0, 0.1) is 0 Å². The number of imidazole rings is 1. The van der Waals surface area contributed by atoms with Crippen molar-refractivity contribution in [3.63, 3.8) is 0 Å². The maximum Gasteiger partial charge on any atom is 0.339 e. The van der Waals surface area contributed by atoms with Crippen molar-refractivity contribution < 1.29 is 14.3 Å². The number of aromatic nitrogens is 2. The standard InChI is InChI=1S/C17H14ClN3O3S/c1-24-16(23)11-8-10(6-7-12(11)18)19-15(22)9-25-17-20-13-4-2-3-5-14(13)21-17/h2-8H,9H2,1H3,(H,19,22)(H,20,21). The van der Waals surface area contributed by atoms with Gasteiger partial charge in [0.25, 0.3) is 0 Å². The number of nitrogens with zero attached hydrogens (tertiary/aromatic N) is 1. The van der Waals surface area contributed by atoms with Crippen LogP contribution in [0.15, 0.2) is 47.6 Å². The van der Waals surface area contributed by atoms with Gasteiger partial charge in [-0.3, -0.25) is 4.79 Å². The molecule has 128 valence electrons. The lowest BCUT2D eigenvalue weighted by Crippen LogP contribution is -2.14. The van der Waals surface area contributed by atoms with Crippen LogP contribution in [0.25, 0.3) is 11.0 Å². The Balaban J connectivity index is 1.63. The predicted octanol–water partition coefficient (Wildman–Crippen LogP) is 3.73. The van der Waals surface area contributed by atoms with Crippen LogP contribution >= 0.6 is 23.4 Å². The largest absolute Gasteiger partial charge is 0.465 e. The van der Waals surface area contributed by atoms with Crippen molar-refractivity contribution in [2.24, 2.45) is 0 Å². The Hall–Kier alpha value is -2.51. The summed E-state index contributed by atoms with van der Waals surface area (Å²) in [4.78, 5) is 31.3. The molecule has 0 fully saturated rings. The van der Waals surface area contributed by atoms with E-state index in [1.54, 1.807) is 6.07 Å². The molecule has 0 unspecified atom stereocenters. The van der Waals surface area contributed by atoms with Gasteiger partial charge in [0.2, 0.25) is 5.91 Å². The molecule has 0 bridgehead atoms. The first-order valence-electron chi connectivity index (χ1n) is 7.32. The fraction of sp³-hybridized carbons (Fsp3) is 0.118. The molecule has 1 amide bonds. The number of hydrogen-bond donors (Lipinski definition) is 2. The number of fused-ring (bicyclic) bond motifs is 1. The molecule has 0 aliphatic carbocycles. The van der Waals surface area contributed by atoms with Gasteiger partial charge in [-0.2, -0.15) is 0 Å². The fourth-order valence-corrected chi connectivity index (χ4v) is 3.08. The van der Waals surface area contributed by atoms with Gasteiger partial charge in [0.1, 0.15) is 0 Å². The third-order valence-corrected chi connectivity index (χ3v) is 4.57. The first-order chi connectivity index (χ1) is 12.1. The number of ether oxygens (including phenoxy) is 1. The number of esters is 1. The quantitative estimate of drug-likeness (QED) is 0.524. The second-order valence-corrected chi connectivity index (χ2v) is 6.45. The number of methoxy groups -OCH3 is 1. The number of benzene rings is 2. The van der Waals surface area contributed by atoms with Gasteiger partial charge in [-0.1, -0.05) is 35.5 Å². The van der Waals surface area contributed by atoms with Crippen LogP contribution in [-0.4, -0.2) is 34.7 Å². The summed E-state index contributed by atoms with van der Waals surface area (Å²) >= 11 is 7.25. The maximum absolute atomic E-state index is 12.1. The van der Waals surface area contributed by atoms with Crippen LogP contribution < -0.4 is 5.32 Å². The van der Waals surface area contributed by atoms with Gasteiger partial charge in [-0.15, -0.1) is 0 Å². The number of carbonyl (C=O) groups excluding carboxylic acids is 2. The minimum absolute atomic E-state index is 0.177. The smallest absolute Gasteiger partial charge is 0.339 e. The van der Waals surface area contributed by atoms with Crippen molar-refractivity contribution >= 4 is 52.0 Å². The highest BCUT2D eigenvalue weighted by Gasteiger charge is 2.13. The number of nitrogens with one attached hydrogen (secondary N) is 2. The van der Waals surface area contributed by atoms with Crippen molar-refractivity contribution in [1.82, 2.24) is 9.97 Å². The van der Waals surface area contributed by atoms with Crippen LogP contribution in [0.3, 0.4) is 0 Å². The minimum atomic E-state index is -0.558. The Morgan fingerprint density at radius 2 is 2.08 bits per heavy atom. The summed E-state index contributed by atoms with van der Waals surface area (Å²) in [6, 6.07) is 12.3. The third-order valence-electron chi connectivity index (χ3n) is 3.36. The molecular formula is C17H14ClN3O3S. The second kappa shape index (κ2) is 7.58. The van der Waals surface area contributed by atoms with Crippen molar-refractivity contribution in [2.75, 3.05) is 18.2 Å². The summed E-state index contributed by atoms with van der Waals surface area (Å²) in [6.07, 6.45) is 0. The van der Waals surface area contributed by atoms with E-state index in [2.05, 4.69) is 20.0 Å². The molecule has 0 atom stereocenters. The van der Waals surface area contributed by atoms with E-state index >= 15 is 0 Å². The highest BCUT2D eigenvalue weighted by Crippen LogP contribution is 2.22. The number of aromatic amines is 1. The molecule has 2 N–H and O–H groups in total. The van der Waals surface area contributed by atoms with Crippen LogP contribution in [0.2, 0.25) is 5.02 Å². The fourth-order valence-electron chi connectivity index (χ4n) is 2.20. The van der Waals surface area contributed by atoms with Gasteiger partial charge >= 0.3 is 5.97 Å². The molecule has 6 nitrogen and oxygen atoms in total. The van der Waals surface area contributed by atoms with Gasteiger partial charge in [0.15, 0.2) is 5.16 Å². The number of H-pyrrole nitrogens is 1. The molecular weight excluding hydrogens is 362 g/mol. The van der Waals surface area contributed by atoms with E-state index in [0.29, 0.717) is 10.8 Å². The lowest BCUT2D eigenvalue weighted by molar-refractivity contribution is -0.113. The first kappa shape index (κ1) is 17.3. The molecule has 0 aliphatic heterocycles. The average molecular weight is 376 g/mol. The number of thioether (sulfide) groups is 1. The van der Waals surface area contributed by atoms with Crippen LogP contribution in [-0.2, 0) is 9.53 Å². The summed E-state index contributed by atoms with van der Waals surface area (Å²) in [5, 5.41) is 3.66. The predicted molar refractivity (Wildman–Crippen MR) is 98.2 cm³/mol. The van der Waals surface area contributed by atoms with E-state index in [-0.39, 0.29) is 22.2 Å². The van der Waals surface area contributed by atoms with Crippen molar-refractivity contribution in [3.05, 3.63) is 53.1 Å². The number of amides is 1. The number of halogens is 1. The normalized spacial score (nSPS) is 10.6. The average Bonchev–Trinajstić information content (AvgIpc) is 3.04. The summed E-state index contributed by atoms with van der Waals surface area (Å²) in [5.41, 5.74) is 2.45. The Kier molecular flexibility index (Phi) is 5.25. The summed E-state index contributed by atoms with van der Waals surface area (Å²) in [6.45, 7) is 0. The number of hydrogen-bond acceptors (Lipinski definition) is 5. The molecule has 0 radical (unpaired) electrons. The molecule has 8 heteroatoms. The van der Waals surface area contributed by atoms with Gasteiger partial charge in [-0.05, 0) is 30.3 Å². The van der Waals surface area contributed by atoms with E-state index in [4.69, 9.17) is 11.6 Å². The zero-order chi connectivity index (χ0) is 17.8. The monoisotopic (exact) mass is 375 g/mol. The van der Waals surface area contributed by atoms with Crippen molar-refractivity contribution in [2.45, 2.75) is 5.16 Å². The molecule has 0 aliphatic rings. The zero-order valence-corrected chi connectivity index (χ0v) is 14.8. The zero-order valence-electron chi connectivity index (χ0n) is 13.2. The Labute approximate surface area is 152 Å². The van der Waals surface area contributed by atoms with E-state index in [1.165, 1.54) is 31.0 Å². The topological polar surface area (TPSA) is 84.1 Å². The van der Waals surface area contributed by atoms with E-state index in [1.807, 2.05) is 24.3 Å². The Morgan fingerprint density at radius 3 is 2.84 bits per heavy atom. The molecule has 1 aromatic heterocycles. The van der Waals surface area contributed by atoms with Crippen LogP contribution in [0.5, 0.6) is 0 Å². The number of rotatable bonds is 5. The van der Waals surface area contributed by atoms with Gasteiger partial charge in [0.05, 0.1) is 34.5 Å². The summed E-state index contributed by atoms with van der Waals surface area (Å²) in [7, 11) is 1.27. The highest BCUT2D eigenvalue weighted by molar-refractivity contribution is 7.99. The van der Waals surface area contributed by atoms with Gasteiger partial charge < -0.3 is 15.0 Å². The number of carbonyl (C=O) groups is 2. The lowest BCUT2D eigenvalue weighted by atomic mass is 10.2. The first-order valence-corrected chi connectivity index (χ1v) is 8.68. The third kappa shape index (κ3) is 4.12. The van der Waals surface area contributed by atoms with E-state index < -0.39 is 5.97 Å². The van der Waals surface area contributed by atoms with Gasteiger partial charge in [-0.25, -0.2) is 9.78 Å². The van der Waals surface area contributed by atoms with Crippen molar-refractivity contribution in [1.29, 1.82) is 0 Å². The highest BCUT2D eigenvalue weighted by atomic mass is 35.5. The number of anilines is 1. The van der Waals surface area contributed by atoms with Crippen molar-refractivity contribution in [3.8, 4) is 0 Å². The van der Waals surface area contributed by atoms with Crippen LogP contribution in [0.4, 0.5) is 5.69 Å². The van der Waals surface area contributed by atoms with Crippen LogP contribution in [0.1, 0.15) is 10.4 Å². The van der Waals surface area contributed by atoms with E-state index in [9.17, 15) is 9.59 Å². The molecule has 0 spiro atoms. The molecule has 0 saturated carbocycles. The maximum atomic E-state index is 12.1. The molecule has 3 aromatic rings. The Morgan fingerprint density at radius 1 is 1.28 bits per heavy atom. The summed E-state index contributed by atoms with van der Waals surface area (Å²) < 4.78 is 4.66. The Bertz CT molecular complexity index is 909. The number of para-hydroxylation sites is 2. The minimum Gasteiger partial charge on any atom is -0.465 e. The molecule has 0 saturated heterocycles. The van der Waals surface area contributed by atoms with E-state index in [0.717, 1.165) is 11.0 Å². The molecule has 3 rings (SSSR count). The lowest BCUT2D eigenvalue weighted by Gasteiger charge is -2.07.